The van der Waals surface area contributed by atoms with Crippen LogP contribution in [0.3, 0.4) is 0 Å². The first-order valence-corrected chi connectivity index (χ1v) is 9.43. The smallest absolute Gasteiger partial charge is 0.242 e. The van der Waals surface area contributed by atoms with Gasteiger partial charge in [-0.05, 0) is 35.4 Å². The third-order valence-corrected chi connectivity index (χ3v) is 4.90. The van der Waals surface area contributed by atoms with E-state index < -0.39 is 0 Å². The van der Waals surface area contributed by atoms with Crippen LogP contribution in [0.25, 0.3) is 0 Å². The fourth-order valence-electron chi connectivity index (χ4n) is 3.08. The fraction of sp³-hybridized carbons (Fsp3) is 0.286. The van der Waals surface area contributed by atoms with Gasteiger partial charge in [0.1, 0.15) is 0 Å². The Bertz CT molecular complexity index is 893. The zero-order valence-electron chi connectivity index (χ0n) is 16.1. The van der Waals surface area contributed by atoms with Crippen molar-refractivity contribution in [2.75, 3.05) is 26.7 Å². The molecule has 29 heavy (non-hydrogen) atoms. The van der Waals surface area contributed by atoms with Gasteiger partial charge in [-0.25, -0.2) is 0 Å². The highest BCUT2D eigenvalue weighted by Gasteiger charge is 2.25. The average Bonchev–Trinajstić information content (AvgIpc) is 2.72. The van der Waals surface area contributed by atoms with Crippen LogP contribution in [0.1, 0.15) is 16.7 Å². The summed E-state index contributed by atoms with van der Waals surface area (Å²) >= 11 is 5.92. The second-order valence-electron chi connectivity index (χ2n) is 6.57. The minimum atomic E-state index is 0. The van der Waals surface area contributed by atoms with Crippen LogP contribution in [0.4, 0.5) is 0 Å². The predicted octanol–water partition coefficient (Wildman–Crippen LogP) is 3.25. The molecule has 0 radical (unpaired) electrons. The number of benzene rings is 2. The summed E-state index contributed by atoms with van der Waals surface area (Å²) in [6.07, 6.45) is 0. The largest absolute Gasteiger partial charge is 0.352 e. The number of carbonyl (C=O) groups excluding carboxylic acids is 1. The molecule has 0 spiro atoms. The van der Waals surface area contributed by atoms with Crippen LogP contribution in [0.15, 0.2) is 53.5 Å². The zero-order chi connectivity index (χ0) is 19.9. The maximum absolute atomic E-state index is 12.6. The minimum absolute atomic E-state index is 0. The monoisotopic (exact) mass is 523 g/mol. The first-order chi connectivity index (χ1) is 13.6. The molecule has 1 amide bonds. The summed E-state index contributed by atoms with van der Waals surface area (Å²) in [7, 11) is 1.71. The van der Waals surface area contributed by atoms with E-state index in [1.54, 1.807) is 19.2 Å². The Hall–Kier alpha value is -2.31. The number of guanidine groups is 1. The highest BCUT2D eigenvalue weighted by atomic mass is 127. The molecular weight excluding hydrogens is 501 g/mol. The molecule has 8 heteroatoms. The number of carbonyl (C=O) groups is 1. The van der Waals surface area contributed by atoms with Crippen molar-refractivity contribution in [1.82, 2.24) is 15.1 Å². The van der Waals surface area contributed by atoms with E-state index in [1.165, 1.54) is 0 Å². The predicted molar refractivity (Wildman–Crippen MR) is 125 cm³/mol. The molecule has 0 aromatic heterocycles. The molecule has 2 aromatic carbocycles. The van der Waals surface area contributed by atoms with E-state index in [4.69, 9.17) is 16.9 Å². The Morgan fingerprint density at radius 1 is 1.14 bits per heavy atom. The lowest BCUT2D eigenvalue weighted by atomic mass is 10.1. The average molecular weight is 524 g/mol. The molecule has 1 aliphatic rings. The lowest BCUT2D eigenvalue weighted by Gasteiger charge is -2.36. The molecule has 1 heterocycles. The summed E-state index contributed by atoms with van der Waals surface area (Å²) in [6, 6.07) is 17.1. The van der Waals surface area contributed by atoms with Crippen LogP contribution in [0.2, 0.25) is 5.02 Å². The first-order valence-electron chi connectivity index (χ1n) is 9.06. The van der Waals surface area contributed by atoms with Crippen LogP contribution in [-0.4, -0.2) is 48.3 Å². The number of hydrogen-bond donors (Lipinski definition) is 1. The molecule has 0 atom stereocenters. The second kappa shape index (κ2) is 11.0. The molecule has 0 saturated carbocycles. The van der Waals surface area contributed by atoms with Crippen molar-refractivity contribution in [2.24, 2.45) is 4.99 Å². The van der Waals surface area contributed by atoms with Gasteiger partial charge in [0.2, 0.25) is 5.91 Å². The van der Waals surface area contributed by atoms with Gasteiger partial charge in [0.25, 0.3) is 0 Å². The third-order valence-electron chi connectivity index (χ3n) is 4.65. The number of hydrogen-bond acceptors (Lipinski definition) is 3. The summed E-state index contributed by atoms with van der Waals surface area (Å²) in [5, 5.41) is 12.9. The highest BCUT2D eigenvalue weighted by Crippen LogP contribution is 2.14. The van der Waals surface area contributed by atoms with Crippen molar-refractivity contribution in [3.8, 4) is 6.07 Å². The maximum Gasteiger partial charge on any atom is 0.242 e. The fourth-order valence-corrected chi connectivity index (χ4v) is 3.20. The summed E-state index contributed by atoms with van der Waals surface area (Å²) < 4.78 is 0. The summed E-state index contributed by atoms with van der Waals surface area (Å²) in [5.41, 5.74) is 2.75. The van der Waals surface area contributed by atoms with Crippen molar-refractivity contribution in [1.29, 1.82) is 5.26 Å². The second-order valence-corrected chi connectivity index (χ2v) is 7.01. The normalized spacial score (nSPS) is 14.2. The van der Waals surface area contributed by atoms with Crippen LogP contribution < -0.4 is 5.32 Å². The SMILES string of the molecule is CN=C(NCc1ccc(C#N)cc1)N1CCN(Cc2ccc(Cl)cc2)C(=O)C1.I. The van der Waals surface area contributed by atoms with Gasteiger partial charge >= 0.3 is 0 Å². The topological polar surface area (TPSA) is 71.7 Å². The standard InChI is InChI=1S/C21H22ClN5O.HI/c1-24-21(25-13-17-4-2-16(12-23)3-5-17)27-11-10-26(20(28)15-27)14-18-6-8-19(22)9-7-18;/h2-9H,10-11,13-15H2,1H3,(H,24,25);1H. The molecule has 1 aliphatic heterocycles. The van der Waals surface area contributed by atoms with Gasteiger partial charge < -0.3 is 15.1 Å². The van der Waals surface area contributed by atoms with Gasteiger partial charge in [0.05, 0.1) is 18.2 Å². The van der Waals surface area contributed by atoms with E-state index in [9.17, 15) is 4.79 Å². The molecule has 1 fully saturated rings. The van der Waals surface area contributed by atoms with Crippen LogP contribution in [-0.2, 0) is 17.9 Å². The molecule has 1 N–H and O–H groups in total. The Morgan fingerprint density at radius 2 is 1.79 bits per heavy atom. The Kier molecular flexibility index (Phi) is 8.73. The lowest BCUT2D eigenvalue weighted by molar-refractivity contribution is -0.135. The molecule has 152 valence electrons. The number of nitrogens with zero attached hydrogens (tertiary/aromatic N) is 4. The van der Waals surface area contributed by atoms with Crippen LogP contribution >= 0.6 is 35.6 Å². The van der Waals surface area contributed by atoms with Gasteiger partial charge in [-0.2, -0.15) is 5.26 Å². The molecule has 0 bridgehead atoms. The van der Waals surface area contributed by atoms with Crippen molar-refractivity contribution < 1.29 is 4.79 Å². The minimum Gasteiger partial charge on any atom is -0.352 e. The van der Waals surface area contributed by atoms with E-state index >= 15 is 0 Å². The molecule has 0 unspecified atom stereocenters. The van der Waals surface area contributed by atoms with Crippen molar-refractivity contribution in [2.45, 2.75) is 13.1 Å². The lowest BCUT2D eigenvalue weighted by Crippen LogP contribution is -2.54. The van der Waals surface area contributed by atoms with E-state index in [1.807, 2.05) is 46.2 Å². The van der Waals surface area contributed by atoms with Gasteiger partial charge in [-0.15, -0.1) is 24.0 Å². The molecule has 0 aliphatic carbocycles. The number of halogens is 2. The number of rotatable bonds is 4. The Labute approximate surface area is 193 Å². The van der Waals surface area contributed by atoms with Gasteiger partial charge in [0.15, 0.2) is 5.96 Å². The van der Waals surface area contributed by atoms with Gasteiger partial charge in [0, 0.05) is 38.2 Å². The maximum atomic E-state index is 12.6. The van der Waals surface area contributed by atoms with Crippen molar-refractivity contribution in [3.05, 3.63) is 70.2 Å². The number of nitrogens with one attached hydrogen (secondary N) is 1. The summed E-state index contributed by atoms with van der Waals surface area (Å²) in [6.45, 7) is 2.81. The van der Waals surface area contributed by atoms with Gasteiger partial charge in [-0.1, -0.05) is 35.9 Å². The zero-order valence-corrected chi connectivity index (χ0v) is 19.2. The van der Waals surface area contributed by atoms with E-state index in [0.29, 0.717) is 49.3 Å². The molecule has 6 nitrogen and oxygen atoms in total. The molecule has 3 rings (SSSR count). The number of aliphatic imine (C=N–C) groups is 1. The Morgan fingerprint density at radius 3 is 2.38 bits per heavy atom. The number of amides is 1. The van der Waals surface area contributed by atoms with Gasteiger partial charge in [-0.3, -0.25) is 9.79 Å². The van der Waals surface area contributed by atoms with Crippen LogP contribution in [0, 0.1) is 11.3 Å². The number of nitriles is 1. The van der Waals surface area contributed by atoms with E-state index in [2.05, 4.69) is 16.4 Å². The molecule has 2 aromatic rings. The van der Waals surface area contributed by atoms with Crippen molar-refractivity contribution >= 4 is 47.4 Å². The Balaban J connectivity index is 0.00000300. The summed E-state index contributed by atoms with van der Waals surface area (Å²) in [4.78, 5) is 20.7. The van der Waals surface area contributed by atoms with E-state index in [0.717, 1.165) is 11.1 Å². The van der Waals surface area contributed by atoms with Crippen molar-refractivity contribution in [3.63, 3.8) is 0 Å². The highest BCUT2D eigenvalue weighted by molar-refractivity contribution is 14.0. The van der Waals surface area contributed by atoms with E-state index in [-0.39, 0.29) is 29.9 Å². The summed E-state index contributed by atoms with van der Waals surface area (Å²) in [5.74, 6) is 0.770. The number of piperazine rings is 1. The first kappa shape index (κ1) is 23.0. The molecule has 1 saturated heterocycles. The molecular formula is C21H23ClIN5O. The third kappa shape index (κ3) is 6.34. The quantitative estimate of drug-likeness (QED) is 0.379. The van der Waals surface area contributed by atoms with Crippen LogP contribution in [0.5, 0.6) is 0 Å².